The Labute approximate surface area is 219 Å². The van der Waals surface area contributed by atoms with Gasteiger partial charge in [0.05, 0.1) is 37.2 Å². The lowest BCUT2D eigenvalue weighted by atomic mass is 9.84. The Morgan fingerprint density at radius 1 is 0.973 bits per heavy atom. The highest BCUT2D eigenvalue weighted by molar-refractivity contribution is 6.31. The number of hydrogen-bond acceptors (Lipinski definition) is 5. The lowest BCUT2D eigenvalue weighted by molar-refractivity contribution is -0.143. The molecule has 0 aliphatic carbocycles. The van der Waals surface area contributed by atoms with Gasteiger partial charge in [-0.15, -0.1) is 0 Å². The van der Waals surface area contributed by atoms with Crippen LogP contribution in [0.1, 0.15) is 22.7 Å². The monoisotopic (exact) mass is 513 g/mol. The van der Waals surface area contributed by atoms with Gasteiger partial charge in [0, 0.05) is 11.2 Å². The quantitative estimate of drug-likeness (QED) is 0.508. The molecule has 0 saturated carbocycles. The second-order valence-electron chi connectivity index (χ2n) is 9.42. The fourth-order valence-corrected chi connectivity index (χ4v) is 6.00. The van der Waals surface area contributed by atoms with Gasteiger partial charge in [-0.3, -0.25) is 19.3 Å². The van der Waals surface area contributed by atoms with Crippen molar-refractivity contribution in [1.29, 1.82) is 0 Å². The number of amides is 3. The molecule has 0 bridgehead atoms. The first-order valence-electron chi connectivity index (χ1n) is 12.1. The van der Waals surface area contributed by atoms with Gasteiger partial charge < -0.3 is 15.0 Å². The molecule has 6 rings (SSSR count). The maximum atomic E-state index is 13.9. The molecular formula is C29H24ClN3O4. The van der Waals surface area contributed by atoms with Crippen LogP contribution in [0.25, 0.3) is 6.08 Å². The van der Waals surface area contributed by atoms with Gasteiger partial charge in [0.25, 0.3) is 0 Å². The lowest BCUT2D eigenvalue weighted by Gasteiger charge is -2.35. The topological polar surface area (TPSA) is 79.0 Å². The summed E-state index contributed by atoms with van der Waals surface area (Å²) in [5.74, 6) is -2.05. The van der Waals surface area contributed by atoms with E-state index >= 15 is 0 Å². The number of fused-ring (bicyclic) bond motifs is 5. The molecule has 186 valence electrons. The molecule has 0 unspecified atom stereocenters. The maximum Gasteiger partial charge on any atom is 0.248 e. The Balaban J connectivity index is 1.40. The van der Waals surface area contributed by atoms with Crippen LogP contribution in [0.15, 0.2) is 79.0 Å². The Morgan fingerprint density at radius 3 is 2.49 bits per heavy atom. The molecule has 3 aliphatic heterocycles. The summed E-state index contributed by atoms with van der Waals surface area (Å²) in [6, 6.07) is 20.8. The van der Waals surface area contributed by atoms with E-state index in [1.807, 2.05) is 71.8 Å². The highest BCUT2D eigenvalue weighted by atomic mass is 35.5. The molecular weight excluding hydrogens is 490 g/mol. The minimum atomic E-state index is -0.888. The van der Waals surface area contributed by atoms with Crippen molar-refractivity contribution in [2.45, 2.75) is 18.6 Å². The molecule has 7 nitrogen and oxygen atoms in total. The summed E-state index contributed by atoms with van der Waals surface area (Å²) in [5, 5.41) is 3.34. The van der Waals surface area contributed by atoms with E-state index in [4.69, 9.17) is 16.3 Å². The molecule has 0 aromatic heterocycles. The van der Waals surface area contributed by atoms with E-state index in [2.05, 4.69) is 5.32 Å². The van der Waals surface area contributed by atoms with Gasteiger partial charge in [0.2, 0.25) is 17.7 Å². The van der Waals surface area contributed by atoms with Crippen LogP contribution in [0.4, 0.5) is 5.69 Å². The van der Waals surface area contributed by atoms with Crippen molar-refractivity contribution >= 4 is 41.1 Å². The molecule has 3 heterocycles. The zero-order valence-electron chi connectivity index (χ0n) is 20.0. The van der Waals surface area contributed by atoms with E-state index < -0.39 is 29.8 Å². The third-order valence-corrected chi connectivity index (χ3v) is 7.66. The summed E-state index contributed by atoms with van der Waals surface area (Å²) in [6.07, 6.45) is 3.75. The SMILES string of the molecule is COc1ccc(Cl)cc1NC(=O)[C@@H]1[C@@H]2C(=O)N(Cc3ccccc3)C(=O)[C@H]2[C@@H]2c3ccccc3C=CN12. The van der Waals surface area contributed by atoms with Crippen molar-refractivity contribution in [2.75, 3.05) is 12.4 Å². The molecule has 2 saturated heterocycles. The smallest absolute Gasteiger partial charge is 0.248 e. The number of benzene rings is 3. The van der Waals surface area contributed by atoms with Crippen molar-refractivity contribution in [1.82, 2.24) is 9.80 Å². The van der Waals surface area contributed by atoms with Crippen LogP contribution < -0.4 is 10.1 Å². The van der Waals surface area contributed by atoms with Crippen molar-refractivity contribution in [3.05, 3.63) is 101 Å². The minimum Gasteiger partial charge on any atom is -0.495 e. The van der Waals surface area contributed by atoms with Crippen LogP contribution in [0, 0.1) is 11.8 Å². The first-order valence-corrected chi connectivity index (χ1v) is 12.4. The number of hydrogen-bond donors (Lipinski definition) is 1. The number of ether oxygens (including phenoxy) is 1. The van der Waals surface area contributed by atoms with Crippen LogP contribution in [0.3, 0.4) is 0 Å². The van der Waals surface area contributed by atoms with Gasteiger partial charge in [0.15, 0.2) is 0 Å². The number of likely N-dealkylation sites (tertiary alicyclic amines) is 1. The number of methoxy groups -OCH3 is 1. The largest absolute Gasteiger partial charge is 0.495 e. The predicted octanol–water partition coefficient (Wildman–Crippen LogP) is 4.50. The van der Waals surface area contributed by atoms with Gasteiger partial charge >= 0.3 is 0 Å². The van der Waals surface area contributed by atoms with E-state index in [-0.39, 0.29) is 18.4 Å². The predicted molar refractivity (Wildman–Crippen MR) is 139 cm³/mol. The molecule has 1 N–H and O–H groups in total. The number of carbonyl (C=O) groups excluding carboxylic acids is 3. The summed E-state index contributed by atoms with van der Waals surface area (Å²) in [6.45, 7) is 0.173. The minimum absolute atomic E-state index is 0.173. The summed E-state index contributed by atoms with van der Waals surface area (Å²) >= 11 is 6.18. The molecule has 0 spiro atoms. The summed E-state index contributed by atoms with van der Waals surface area (Å²) in [4.78, 5) is 44.7. The van der Waals surface area contributed by atoms with E-state index in [9.17, 15) is 14.4 Å². The standard InChI is InChI=1S/C29H24ClN3O4/c1-37-22-12-11-19(30)15-21(22)31-27(34)26-24-23(25-20-10-6-5-9-18(20)13-14-32(25)26)28(35)33(29(24)36)16-17-7-3-2-4-8-17/h2-15,23-26H,16H2,1H3,(H,31,34)/t23-,24-,25+,26+/m1/s1. The van der Waals surface area contributed by atoms with Gasteiger partial charge in [-0.05, 0) is 41.0 Å². The van der Waals surface area contributed by atoms with Gasteiger partial charge in [-0.25, -0.2) is 0 Å². The molecule has 3 aromatic carbocycles. The van der Waals surface area contributed by atoms with E-state index in [0.29, 0.717) is 16.5 Å². The average molecular weight is 514 g/mol. The molecule has 2 fully saturated rings. The summed E-state index contributed by atoms with van der Waals surface area (Å²) < 4.78 is 5.40. The van der Waals surface area contributed by atoms with Gasteiger partial charge in [0.1, 0.15) is 11.8 Å². The third kappa shape index (κ3) is 3.78. The molecule has 3 aliphatic rings. The van der Waals surface area contributed by atoms with Crippen LogP contribution in [0.2, 0.25) is 5.02 Å². The second-order valence-corrected chi connectivity index (χ2v) is 9.85. The summed E-state index contributed by atoms with van der Waals surface area (Å²) in [5.41, 5.74) is 3.16. The number of rotatable bonds is 5. The number of imide groups is 1. The maximum absolute atomic E-state index is 13.9. The van der Waals surface area contributed by atoms with Gasteiger partial charge in [-0.1, -0.05) is 66.2 Å². The zero-order valence-corrected chi connectivity index (χ0v) is 20.8. The normalized spacial score (nSPS) is 23.5. The fraction of sp³-hybridized carbons (Fsp3) is 0.207. The van der Waals surface area contributed by atoms with E-state index in [1.165, 1.54) is 12.0 Å². The van der Waals surface area contributed by atoms with Crippen molar-refractivity contribution < 1.29 is 19.1 Å². The number of nitrogens with one attached hydrogen (secondary N) is 1. The number of halogens is 1. The van der Waals surface area contributed by atoms with Gasteiger partial charge in [-0.2, -0.15) is 0 Å². The fourth-order valence-electron chi connectivity index (χ4n) is 5.83. The molecule has 3 amide bonds. The number of carbonyl (C=O) groups is 3. The molecule has 4 atom stereocenters. The van der Waals surface area contributed by atoms with Crippen LogP contribution in [-0.4, -0.2) is 40.7 Å². The highest BCUT2D eigenvalue weighted by Gasteiger charge is 2.64. The molecule has 0 radical (unpaired) electrons. The van der Waals surface area contributed by atoms with Crippen LogP contribution >= 0.6 is 11.6 Å². The van der Waals surface area contributed by atoms with Crippen molar-refractivity contribution in [2.24, 2.45) is 11.8 Å². The first kappa shape index (κ1) is 23.3. The van der Waals surface area contributed by atoms with Crippen LogP contribution in [-0.2, 0) is 20.9 Å². The Hall–Kier alpha value is -4.10. The van der Waals surface area contributed by atoms with Crippen molar-refractivity contribution in [3.63, 3.8) is 0 Å². The Morgan fingerprint density at radius 2 is 1.70 bits per heavy atom. The Kier molecular flexibility index (Phi) is 5.72. The van der Waals surface area contributed by atoms with Crippen molar-refractivity contribution in [3.8, 4) is 5.75 Å². The average Bonchev–Trinajstić information content (AvgIpc) is 3.38. The zero-order chi connectivity index (χ0) is 25.7. The number of anilines is 1. The molecule has 8 heteroatoms. The molecule has 37 heavy (non-hydrogen) atoms. The summed E-state index contributed by atoms with van der Waals surface area (Å²) in [7, 11) is 1.51. The molecule has 3 aromatic rings. The van der Waals surface area contributed by atoms with E-state index in [1.54, 1.807) is 18.2 Å². The van der Waals surface area contributed by atoms with Crippen LogP contribution in [0.5, 0.6) is 5.75 Å². The first-order chi connectivity index (χ1) is 18.0. The second kappa shape index (κ2) is 9.09. The lowest BCUT2D eigenvalue weighted by Crippen LogP contribution is -2.46. The third-order valence-electron chi connectivity index (χ3n) is 7.42. The highest BCUT2D eigenvalue weighted by Crippen LogP contribution is 2.53. The van der Waals surface area contributed by atoms with E-state index in [0.717, 1.165) is 16.7 Å². The number of nitrogens with zero attached hydrogens (tertiary/aromatic N) is 2. The Bertz CT molecular complexity index is 1440.